The molecule has 0 aliphatic rings. The molecule has 1 heterocycles. The highest BCUT2D eigenvalue weighted by Crippen LogP contribution is 2.18. The highest BCUT2D eigenvalue weighted by Gasteiger charge is 1.98. The highest BCUT2D eigenvalue weighted by molar-refractivity contribution is 5.83. The number of unbranched alkanes of at least 4 members (excludes halogenated alkanes) is 4. The Labute approximate surface area is 109 Å². The second kappa shape index (κ2) is 6.90. The van der Waals surface area contributed by atoms with Gasteiger partial charge in [0.1, 0.15) is 5.82 Å². The summed E-state index contributed by atoms with van der Waals surface area (Å²) in [6.45, 7) is 4.78. The van der Waals surface area contributed by atoms with E-state index >= 15 is 0 Å². The van der Waals surface area contributed by atoms with Crippen LogP contribution in [0.25, 0.3) is 10.9 Å². The fourth-order valence-electron chi connectivity index (χ4n) is 2.16. The number of benzene rings is 1. The highest BCUT2D eigenvalue weighted by atomic mass is 15.0. The van der Waals surface area contributed by atoms with Gasteiger partial charge < -0.3 is 10.3 Å². The minimum atomic E-state index is 1.04. The molecule has 0 radical (unpaired) electrons. The second-order valence-corrected chi connectivity index (χ2v) is 4.69. The van der Waals surface area contributed by atoms with Crippen LogP contribution in [0, 0.1) is 0 Å². The maximum absolute atomic E-state index is 3.74. The predicted molar refractivity (Wildman–Crippen MR) is 80.1 cm³/mol. The van der Waals surface area contributed by atoms with E-state index in [0.29, 0.717) is 0 Å². The summed E-state index contributed by atoms with van der Waals surface area (Å²) in [6, 6.07) is 10.5. The first-order chi connectivity index (χ1) is 8.90. The second-order valence-electron chi connectivity index (χ2n) is 4.69. The van der Waals surface area contributed by atoms with Gasteiger partial charge in [0.25, 0.3) is 0 Å². The Morgan fingerprint density at radius 2 is 1.94 bits per heavy atom. The zero-order chi connectivity index (χ0) is 12.6. The molecule has 0 unspecified atom stereocenters. The monoisotopic (exact) mass is 242 g/mol. The van der Waals surface area contributed by atoms with E-state index in [1.165, 1.54) is 36.6 Å². The van der Waals surface area contributed by atoms with Gasteiger partial charge in [-0.25, -0.2) is 0 Å². The molecule has 0 bridgehead atoms. The molecule has 0 aliphatic carbocycles. The lowest BCUT2D eigenvalue weighted by Gasteiger charge is -2.03. The van der Waals surface area contributed by atoms with Crippen LogP contribution in [0.1, 0.15) is 32.1 Å². The summed E-state index contributed by atoms with van der Waals surface area (Å²) in [5.41, 5.74) is 1.20. The summed E-state index contributed by atoms with van der Waals surface area (Å²) in [6.07, 6.45) is 8.25. The normalized spacial score (nSPS) is 10.7. The molecule has 18 heavy (non-hydrogen) atoms. The molecule has 0 fully saturated rings. The average Bonchev–Trinajstić information content (AvgIpc) is 2.80. The molecule has 1 aromatic carbocycles. The van der Waals surface area contributed by atoms with E-state index in [-0.39, 0.29) is 0 Å². The molecule has 2 aromatic rings. The van der Waals surface area contributed by atoms with E-state index < -0.39 is 0 Å². The Bertz CT molecular complexity index is 452. The summed E-state index contributed by atoms with van der Waals surface area (Å²) in [5, 5.41) is 4.72. The maximum atomic E-state index is 3.74. The lowest BCUT2D eigenvalue weighted by atomic mass is 10.1. The van der Waals surface area contributed by atoms with Crippen LogP contribution in [0.3, 0.4) is 0 Å². The maximum Gasteiger partial charge on any atom is 0.104 e. The summed E-state index contributed by atoms with van der Waals surface area (Å²) in [7, 11) is 0. The van der Waals surface area contributed by atoms with Gasteiger partial charge in [0.2, 0.25) is 0 Å². The lowest BCUT2D eigenvalue weighted by Crippen LogP contribution is -2.01. The fraction of sp³-hybridized carbons (Fsp3) is 0.375. The van der Waals surface area contributed by atoms with Gasteiger partial charge in [0.05, 0.1) is 0 Å². The average molecular weight is 242 g/mol. The third kappa shape index (κ3) is 3.66. The Balaban J connectivity index is 1.68. The molecule has 2 N–H and O–H groups in total. The van der Waals surface area contributed by atoms with Crippen LogP contribution >= 0.6 is 0 Å². The van der Waals surface area contributed by atoms with Gasteiger partial charge in [-0.15, -0.1) is 6.58 Å². The van der Waals surface area contributed by atoms with Crippen molar-refractivity contribution in [3.05, 3.63) is 43.0 Å². The van der Waals surface area contributed by atoms with E-state index in [1.54, 1.807) is 0 Å². The quantitative estimate of drug-likeness (QED) is 0.509. The number of allylic oxidation sites excluding steroid dienone is 1. The van der Waals surface area contributed by atoms with Gasteiger partial charge in [-0.1, -0.05) is 37.1 Å². The van der Waals surface area contributed by atoms with Crippen LogP contribution in [0.5, 0.6) is 0 Å². The van der Waals surface area contributed by atoms with Gasteiger partial charge in [0, 0.05) is 17.4 Å². The molecule has 96 valence electrons. The lowest BCUT2D eigenvalue weighted by molar-refractivity contribution is 0.661. The molecule has 0 aliphatic heterocycles. The molecule has 0 saturated carbocycles. The van der Waals surface area contributed by atoms with E-state index in [0.717, 1.165) is 18.8 Å². The summed E-state index contributed by atoms with van der Waals surface area (Å²) in [5.74, 6) is 1.13. The number of nitrogens with one attached hydrogen (secondary N) is 2. The van der Waals surface area contributed by atoms with Crippen LogP contribution in [0.15, 0.2) is 43.0 Å². The van der Waals surface area contributed by atoms with Crippen LogP contribution < -0.4 is 5.32 Å². The molecule has 0 atom stereocenters. The van der Waals surface area contributed by atoms with Crippen LogP contribution in [0.4, 0.5) is 5.82 Å². The molecule has 0 saturated heterocycles. The van der Waals surface area contributed by atoms with Crippen molar-refractivity contribution in [3.63, 3.8) is 0 Å². The van der Waals surface area contributed by atoms with Gasteiger partial charge in [-0.05, 0) is 31.4 Å². The van der Waals surface area contributed by atoms with E-state index in [4.69, 9.17) is 0 Å². The first kappa shape index (κ1) is 12.7. The zero-order valence-corrected chi connectivity index (χ0v) is 10.9. The van der Waals surface area contributed by atoms with E-state index in [2.05, 4.69) is 47.2 Å². The Morgan fingerprint density at radius 1 is 1.11 bits per heavy atom. The van der Waals surface area contributed by atoms with Crippen LogP contribution in [0.2, 0.25) is 0 Å². The minimum absolute atomic E-state index is 1.04. The summed E-state index contributed by atoms with van der Waals surface area (Å²) in [4.78, 5) is 3.38. The number of hydrogen-bond donors (Lipinski definition) is 2. The third-order valence-electron chi connectivity index (χ3n) is 3.18. The summed E-state index contributed by atoms with van der Waals surface area (Å²) >= 11 is 0. The first-order valence-corrected chi connectivity index (χ1v) is 6.82. The molecular formula is C16H22N2. The SMILES string of the molecule is C=CCCCCCCNc1cc2ccccc2[nH]1. The van der Waals surface area contributed by atoms with E-state index in [1.807, 2.05) is 6.08 Å². The standard InChI is InChI=1S/C16H22N2/c1-2-3-4-5-6-9-12-17-16-13-14-10-7-8-11-15(14)18-16/h2,7-8,10-11,13,17-18H,1,3-6,9,12H2. The Morgan fingerprint density at radius 3 is 2.78 bits per heavy atom. The Hall–Kier alpha value is -1.70. The zero-order valence-electron chi connectivity index (χ0n) is 10.9. The fourth-order valence-corrected chi connectivity index (χ4v) is 2.16. The van der Waals surface area contributed by atoms with Crippen molar-refractivity contribution in [3.8, 4) is 0 Å². The van der Waals surface area contributed by atoms with Crippen LogP contribution in [-0.4, -0.2) is 11.5 Å². The molecule has 0 spiro atoms. The van der Waals surface area contributed by atoms with Gasteiger partial charge in [-0.2, -0.15) is 0 Å². The smallest absolute Gasteiger partial charge is 0.104 e. The van der Waals surface area contributed by atoms with Gasteiger partial charge >= 0.3 is 0 Å². The molecule has 2 nitrogen and oxygen atoms in total. The van der Waals surface area contributed by atoms with Crippen molar-refractivity contribution in [1.29, 1.82) is 0 Å². The number of fused-ring (bicyclic) bond motifs is 1. The van der Waals surface area contributed by atoms with Gasteiger partial charge in [0.15, 0.2) is 0 Å². The molecule has 0 amide bonds. The van der Waals surface area contributed by atoms with Crippen molar-refractivity contribution >= 4 is 16.7 Å². The predicted octanol–water partition coefficient (Wildman–Crippen LogP) is 4.72. The number of para-hydroxylation sites is 1. The van der Waals surface area contributed by atoms with E-state index in [9.17, 15) is 0 Å². The third-order valence-corrected chi connectivity index (χ3v) is 3.18. The molecular weight excluding hydrogens is 220 g/mol. The molecule has 2 rings (SSSR count). The number of aromatic nitrogens is 1. The number of H-pyrrole nitrogens is 1. The molecule has 1 aromatic heterocycles. The van der Waals surface area contributed by atoms with Crippen LogP contribution in [-0.2, 0) is 0 Å². The van der Waals surface area contributed by atoms with Crippen molar-refractivity contribution in [2.75, 3.05) is 11.9 Å². The van der Waals surface area contributed by atoms with Crippen molar-refractivity contribution < 1.29 is 0 Å². The van der Waals surface area contributed by atoms with Crippen molar-refractivity contribution in [2.24, 2.45) is 0 Å². The van der Waals surface area contributed by atoms with Crippen molar-refractivity contribution in [1.82, 2.24) is 4.98 Å². The van der Waals surface area contributed by atoms with Gasteiger partial charge in [-0.3, -0.25) is 0 Å². The van der Waals surface area contributed by atoms with Crippen molar-refractivity contribution in [2.45, 2.75) is 32.1 Å². The molecule has 2 heteroatoms. The number of rotatable bonds is 8. The summed E-state index contributed by atoms with van der Waals surface area (Å²) < 4.78 is 0. The minimum Gasteiger partial charge on any atom is -0.372 e. The Kier molecular flexibility index (Phi) is 4.88. The number of anilines is 1. The number of aromatic amines is 1. The topological polar surface area (TPSA) is 27.8 Å². The number of hydrogen-bond acceptors (Lipinski definition) is 1. The largest absolute Gasteiger partial charge is 0.372 e. The first-order valence-electron chi connectivity index (χ1n) is 6.82.